The van der Waals surface area contributed by atoms with Crippen molar-refractivity contribution in [3.05, 3.63) is 54.4 Å². The molecule has 0 aromatic carbocycles. The molecule has 2 aromatic heterocycles. The molecule has 0 spiro atoms. The van der Waals surface area contributed by atoms with Crippen molar-refractivity contribution in [1.29, 1.82) is 0 Å². The number of nitrogens with zero attached hydrogens (tertiary/aromatic N) is 1. The molecule has 0 aliphatic heterocycles. The van der Waals surface area contributed by atoms with Gasteiger partial charge in [-0.3, -0.25) is 9.59 Å². The number of rotatable bonds is 7. The highest BCUT2D eigenvalue weighted by atomic mass is 16.5. The Labute approximate surface area is 128 Å². The third-order valence-corrected chi connectivity index (χ3v) is 2.99. The van der Waals surface area contributed by atoms with E-state index in [1.165, 1.54) is 30.6 Å². The Morgan fingerprint density at radius 3 is 2.64 bits per heavy atom. The molecule has 2 heterocycles. The molecule has 0 radical (unpaired) electrons. The lowest BCUT2D eigenvalue weighted by Crippen LogP contribution is -2.31. The Balaban J connectivity index is 2.01. The van der Waals surface area contributed by atoms with E-state index in [9.17, 15) is 9.59 Å². The van der Waals surface area contributed by atoms with Gasteiger partial charge in [0.25, 0.3) is 0 Å². The first-order chi connectivity index (χ1) is 10.7. The zero-order chi connectivity index (χ0) is 15.8. The largest absolute Gasteiger partial charge is 0.469 e. The molecule has 0 aliphatic carbocycles. The van der Waals surface area contributed by atoms with Crippen molar-refractivity contribution < 1.29 is 23.2 Å². The minimum Gasteiger partial charge on any atom is -0.469 e. The van der Waals surface area contributed by atoms with Crippen LogP contribution >= 0.6 is 0 Å². The Bertz CT molecular complexity index is 613. The van der Waals surface area contributed by atoms with Gasteiger partial charge in [-0.05, 0) is 30.3 Å². The van der Waals surface area contributed by atoms with E-state index < -0.39 is 0 Å². The molecule has 116 valence electrons. The van der Waals surface area contributed by atoms with E-state index in [-0.39, 0.29) is 31.4 Å². The fourth-order valence-electron chi connectivity index (χ4n) is 1.83. The third kappa shape index (κ3) is 4.66. The molecule has 0 fully saturated rings. The number of furan rings is 2. The summed E-state index contributed by atoms with van der Waals surface area (Å²) in [4.78, 5) is 25.0. The highest BCUT2D eigenvalue weighted by Gasteiger charge is 2.15. The van der Waals surface area contributed by atoms with Gasteiger partial charge in [0.05, 0.1) is 32.6 Å². The van der Waals surface area contributed by atoms with Crippen LogP contribution < -0.4 is 0 Å². The molecular formula is C16H17NO5. The lowest BCUT2D eigenvalue weighted by Gasteiger charge is -2.19. The Morgan fingerprint density at radius 2 is 2.00 bits per heavy atom. The summed E-state index contributed by atoms with van der Waals surface area (Å²) in [6, 6.07) is 7.00. The van der Waals surface area contributed by atoms with Crippen molar-refractivity contribution in [2.24, 2.45) is 0 Å². The number of ether oxygens (including phenoxy) is 1. The number of amides is 1. The summed E-state index contributed by atoms with van der Waals surface area (Å²) in [6.07, 6.45) is 6.17. The van der Waals surface area contributed by atoms with E-state index in [4.69, 9.17) is 8.83 Å². The SMILES string of the molecule is COC(=O)CCN(Cc1ccco1)C(=O)/C=C/c1ccco1. The second-order valence-electron chi connectivity index (χ2n) is 4.51. The molecule has 2 aromatic rings. The topological polar surface area (TPSA) is 72.9 Å². The van der Waals surface area contributed by atoms with Crippen molar-refractivity contribution in [1.82, 2.24) is 4.90 Å². The molecule has 0 bridgehead atoms. The summed E-state index contributed by atoms with van der Waals surface area (Å²) in [5.41, 5.74) is 0. The van der Waals surface area contributed by atoms with Crippen molar-refractivity contribution in [2.45, 2.75) is 13.0 Å². The molecular weight excluding hydrogens is 286 g/mol. The molecule has 0 saturated carbocycles. The maximum atomic E-state index is 12.3. The van der Waals surface area contributed by atoms with Crippen LogP contribution in [0.25, 0.3) is 6.08 Å². The van der Waals surface area contributed by atoms with Gasteiger partial charge in [-0.15, -0.1) is 0 Å². The maximum Gasteiger partial charge on any atom is 0.307 e. The molecule has 22 heavy (non-hydrogen) atoms. The lowest BCUT2D eigenvalue weighted by molar-refractivity contribution is -0.141. The first kappa shape index (κ1) is 15.6. The first-order valence-corrected chi connectivity index (χ1v) is 6.78. The Hall–Kier alpha value is -2.76. The number of hydrogen-bond donors (Lipinski definition) is 0. The van der Waals surface area contributed by atoms with E-state index in [1.807, 2.05) is 0 Å². The van der Waals surface area contributed by atoms with Gasteiger partial charge >= 0.3 is 5.97 Å². The summed E-state index contributed by atoms with van der Waals surface area (Å²) in [6.45, 7) is 0.528. The van der Waals surface area contributed by atoms with E-state index in [2.05, 4.69) is 4.74 Å². The van der Waals surface area contributed by atoms with Crippen molar-refractivity contribution in [3.8, 4) is 0 Å². The molecule has 0 aliphatic rings. The van der Waals surface area contributed by atoms with Crippen LogP contribution in [0, 0.1) is 0 Å². The molecule has 0 N–H and O–H groups in total. The second kappa shape index (κ2) is 7.87. The number of methoxy groups -OCH3 is 1. The molecule has 0 unspecified atom stereocenters. The summed E-state index contributed by atoms with van der Waals surface area (Å²) in [5, 5.41) is 0. The number of carbonyl (C=O) groups is 2. The first-order valence-electron chi connectivity index (χ1n) is 6.78. The number of carbonyl (C=O) groups excluding carboxylic acids is 2. The smallest absolute Gasteiger partial charge is 0.307 e. The fourth-order valence-corrected chi connectivity index (χ4v) is 1.83. The Kier molecular flexibility index (Phi) is 5.59. The standard InChI is InChI=1S/C16H17NO5/c1-20-16(19)8-9-17(12-14-5-3-11-22-14)15(18)7-6-13-4-2-10-21-13/h2-7,10-11H,8-9,12H2,1H3/b7-6+. The van der Waals surface area contributed by atoms with Crippen LogP contribution in [0.3, 0.4) is 0 Å². The Morgan fingerprint density at radius 1 is 1.23 bits per heavy atom. The van der Waals surface area contributed by atoms with Gasteiger partial charge in [0, 0.05) is 12.6 Å². The van der Waals surface area contributed by atoms with Crippen LogP contribution in [0.5, 0.6) is 0 Å². The highest BCUT2D eigenvalue weighted by molar-refractivity contribution is 5.91. The van der Waals surface area contributed by atoms with E-state index in [1.54, 1.807) is 30.3 Å². The predicted molar refractivity (Wildman–Crippen MR) is 78.5 cm³/mol. The van der Waals surface area contributed by atoms with Gasteiger partial charge in [0.2, 0.25) is 5.91 Å². The monoisotopic (exact) mass is 303 g/mol. The summed E-state index contributed by atoms with van der Waals surface area (Å²) in [7, 11) is 1.32. The zero-order valence-corrected chi connectivity index (χ0v) is 12.2. The van der Waals surface area contributed by atoms with Crippen molar-refractivity contribution in [3.63, 3.8) is 0 Å². The number of hydrogen-bond acceptors (Lipinski definition) is 5. The van der Waals surface area contributed by atoms with Crippen LogP contribution in [0.2, 0.25) is 0 Å². The van der Waals surface area contributed by atoms with Crippen LogP contribution in [0.1, 0.15) is 17.9 Å². The summed E-state index contributed by atoms with van der Waals surface area (Å²) >= 11 is 0. The maximum absolute atomic E-state index is 12.3. The average molecular weight is 303 g/mol. The fraction of sp³-hybridized carbons (Fsp3) is 0.250. The van der Waals surface area contributed by atoms with E-state index in [0.29, 0.717) is 11.5 Å². The molecule has 0 atom stereocenters. The van der Waals surface area contributed by atoms with Crippen molar-refractivity contribution >= 4 is 18.0 Å². The summed E-state index contributed by atoms with van der Waals surface area (Å²) in [5.74, 6) is 0.618. The minimum absolute atomic E-state index is 0.123. The van der Waals surface area contributed by atoms with Crippen LogP contribution in [-0.2, 0) is 20.9 Å². The van der Waals surface area contributed by atoms with Gasteiger partial charge in [-0.2, -0.15) is 0 Å². The average Bonchev–Trinajstić information content (AvgIpc) is 3.21. The van der Waals surface area contributed by atoms with Crippen molar-refractivity contribution in [2.75, 3.05) is 13.7 Å². The minimum atomic E-state index is -0.368. The van der Waals surface area contributed by atoms with Gasteiger partial charge in [-0.25, -0.2) is 0 Å². The zero-order valence-electron chi connectivity index (χ0n) is 12.2. The highest BCUT2D eigenvalue weighted by Crippen LogP contribution is 2.09. The van der Waals surface area contributed by atoms with Crippen LogP contribution in [-0.4, -0.2) is 30.4 Å². The van der Waals surface area contributed by atoms with Crippen LogP contribution in [0.4, 0.5) is 0 Å². The van der Waals surface area contributed by atoms with E-state index >= 15 is 0 Å². The quantitative estimate of drug-likeness (QED) is 0.580. The predicted octanol–water partition coefficient (Wildman–Crippen LogP) is 2.48. The van der Waals surface area contributed by atoms with Gasteiger partial charge < -0.3 is 18.5 Å². The molecule has 0 saturated heterocycles. The number of esters is 1. The molecule has 2 rings (SSSR count). The third-order valence-electron chi connectivity index (χ3n) is 2.99. The lowest BCUT2D eigenvalue weighted by atomic mass is 10.3. The molecule has 6 nitrogen and oxygen atoms in total. The van der Waals surface area contributed by atoms with Gasteiger partial charge in [0.15, 0.2) is 0 Å². The molecule has 1 amide bonds. The second-order valence-corrected chi connectivity index (χ2v) is 4.51. The van der Waals surface area contributed by atoms with Gasteiger partial charge in [0.1, 0.15) is 11.5 Å². The van der Waals surface area contributed by atoms with Crippen LogP contribution in [0.15, 0.2) is 51.7 Å². The normalized spacial score (nSPS) is 10.8. The summed E-state index contributed by atoms with van der Waals surface area (Å²) < 4.78 is 15.0. The van der Waals surface area contributed by atoms with Gasteiger partial charge in [-0.1, -0.05) is 0 Å². The van der Waals surface area contributed by atoms with E-state index in [0.717, 1.165) is 0 Å². The molecule has 6 heteroatoms.